The number of nitrogens with one attached hydrogen (secondary N) is 2. The van der Waals surface area contributed by atoms with E-state index in [9.17, 15) is 14.4 Å². The quantitative estimate of drug-likeness (QED) is 0.883. The first kappa shape index (κ1) is 16.4. The number of hydrogen-bond donors (Lipinski definition) is 2. The van der Waals surface area contributed by atoms with Crippen LogP contribution in [0.25, 0.3) is 0 Å². The van der Waals surface area contributed by atoms with Crippen LogP contribution in [0.3, 0.4) is 0 Å². The SMILES string of the molecule is Cc1ccc(C)c(NC(=O)CN(C)C(=O)c2ccc(=O)[nH]n2)c1. The number of carbonyl (C=O) groups is 2. The maximum Gasteiger partial charge on any atom is 0.274 e. The highest BCUT2D eigenvalue weighted by atomic mass is 16.2. The van der Waals surface area contributed by atoms with E-state index in [0.717, 1.165) is 16.8 Å². The Labute approximate surface area is 133 Å². The van der Waals surface area contributed by atoms with E-state index in [1.165, 1.54) is 24.1 Å². The van der Waals surface area contributed by atoms with Gasteiger partial charge >= 0.3 is 0 Å². The minimum absolute atomic E-state index is 0.0756. The smallest absolute Gasteiger partial charge is 0.274 e. The topological polar surface area (TPSA) is 95.2 Å². The second-order valence-electron chi connectivity index (χ2n) is 5.33. The largest absolute Gasteiger partial charge is 0.331 e. The molecule has 7 nitrogen and oxygen atoms in total. The first-order valence-electron chi connectivity index (χ1n) is 7.05. The fourth-order valence-corrected chi connectivity index (χ4v) is 2.01. The number of aromatic amines is 1. The van der Waals surface area contributed by atoms with Gasteiger partial charge in [0.1, 0.15) is 5.69 Å². The zero-order chi connectivity index (χ0) is 17.0. The average molecular weight is 314 g/mol. The number of aromatic nitrogens is 2. The molecule has 2 rings (SSSR count). The molecule has 0 saturated carbocycles. The Hall–Kier alpha value is -2.96. The van der Waals surface area contributed by atoms with Crippen molar-refractivity contribution < 1.29 is 9.59 Å². The number of hydrogen-bond acceptors (Lipinski definition) is 4. The lowest BCUT2D eigenvalue weighted by Gasteiger charge is -2.17. The van der Waals surface area contributed by atoms with Crippen LogP contribution in [0.5, 0.6) is 0 Å². The third kappa shape index (κ3) is 4.26. The van der Waals surface area contributed by atoms with Gasteiger partial charge < -0.3 is 10.2 Å². The normalized spacial score (nSPS) is 10.2. The van der Waals surface area contributed by atoms with E-state index in [0.29, 0.717) is 0 Å². The second kappa shape index (κ2) is 6.87. The highest BCUT2D eigenvalue weighted by Gasteiger charge is 2.16. The van der Waals surface area contributed by atoms with Crippen molar-refractivity contribution >= 4 is 17.5 Å². The Morgan fingerprint density at radius 3 is 2.61 bits per heavy atom. The van der Waals surface area contributed by atoms with Crippen molar-refractivity contribution in [1.82, 2.24) is 15.1 Å². The molecule has 1 heterocycles. The molecule has 0 unspecified atom stereocenters. The molecule has 0 radical (unpaired) electrons. The maximum atomic E-state index is 12.1. The van der Waals surface area contributed by atoms with Crippen molar-refractivity contribution in [3.8, 4) is 0 Å². The molecule has 0 bridgehead atoms. The van der Waals surface area contributed by atoms with Gasteiger partial charge in [0.15, 0.2) is 0 Å². The van der Waals surface area contributed by atoms with Crippen LogP contribution in [0.15, 0.2) is 35.1 Å². The predicted octanol–water partition coefficient (Wildman–Crippen LogP) is 1.10. The Morgan fingerprint density at radius 1 is 1.22 bits per heavy atom. The number of aryl methyl sites for hydroxylation is 2. The van der Waals surface area contributed by atoms with Crippen molar-refractivity contribution in [1.29, 1.82) is 0 Å². The predicted molar refractivity (Wildman–Crippen MR) is 86.4 cm³/mol. The number of amides is 2. The zero-order valence-electron chi connectivity index (χ0n) is 13.2. The zero-order valence-corrected chi connectivity index (χ0v) is 13.2. The number of carbonyl (C=O) groups excluding carboxylic acids is 2. The van der Waals surface area contributed by atoms with E-state index in [1.807, 2.05) is 32.0 Å². The Balaban J connectivity index is 2.01. The molecule has 2 N–H and O–H groups in total. The lowest BCUT2D eigenvalue weighted by Crippen LogP contribution is -2.35. The van der Waals surface area contributed by atoms with Gasteiger partial charge in [-0.05, 0) is 37.1 Å². The third-order valence-electron chi connectivity index (χ3n) is 3.29. The van der Waals surface area contributed by atoms with Gasteiger partial charge in [0.25, 0.3) is 11.5 Å². The molecule has 2 aromatic rings. The molecule has 2 amide bonds. The summed E-state index contributed by atoms with van der Waals surface area (Å²) in [6.07, 6.45) is 0. The molecule has 0 aliphatic rings. The van der Waals surface area contributed by atoms with Crippen LogP contribution in [0, 0.1) is 13.8 Å². The third-order valence-corrected chi connectivity index (χ3v) is 3.29. The number of anilines is 1. The minimum atomic E-state index is -0.447. The minimum Gasteiger partial charge on any atom is -0.331 e. The number of rotatable bonds is 4. The summed E-state index contributed by atoms with van der Waals surface area (Å²) in [6, 6.07) is 8.29. The molecule has 0 saturated heterocycles. The van der Waals surface area contributed by atoms with E-state index >= 15 is 0 Å². The summed E-state index contributed by atoms with van der Waals surface area (Å²) in [6.45, 7) is 3.72. The first-order valence-corrected chi connectivity index (χ1v) is 7.05. The van der Waals surface area contributed by atoms with Gasteiger partial charge in [0.2, 0.25) is 5.91 Å². The van der Waals surface area contributed by atoms with Crippen LogP contribution in [0.2, 0.25) is 0 Å². The van der Waals surface area contributed by atoms with E-state index in [-0.39, 0.29) is 18.1 Å². The van der Waals surface area contributed by atoms with Crippen LogP contribution < -0.4 is 10.9 Å². The molecule has 1 aromatic carbocycles. The molecule has 0 aliphatic heterocycles. The Morgan fingerprint density at radius 2 is 1.96 bits per heavy atom. The molecular weight excluding hydrogens is 296 g/mol. The summed E-state index contributed by atoms with van der Waals surface area (Å²) in [4.78, 5) is 36.4. The fourth-order valence-electron chi connectivity index (χ4n) is 2.01. The number of nitrogens with zero attached hydrogens (tertiary/aromatic N) is 2. The number of likely N-dealkylation sites (N-methyl/N-ethyl adjacent to an activating group) is 1. The first-order chi connectivity index (χ1) is 10.9. The summed E-state index contributed by atoms with van der Waals surface area (Å²) in [5, 5.41) is 8.63. The van der Waals surface area contributed by atoms with Gasteiger partial charge in [0, 0.05) is 18.8 Å². The van der Waals surface area contributed by atoms with Crippen molar-refractivity contribution in [3.63, 3.8) is 0 Å². The lowest BCUT2D eigenvalue weighted by molar-refractivity contribution is -0.116. The van der Waals surface area contributed by atoms with Crippen LogP contribution in [0.1, 0.15) is 21.6 Å². The molecule has 0 atom stereocenters. The number of benzene rings is 1. The highest BCUT2D eigenvalue weighted by Crippen LogP contribution is 2.16. The van der Waals surface area contributed by atoms with Crippen molar-refractivity contribution in [3.05, 3.63) is 57.5 Å². The molecule has 0 spiro atoms. The summed E-state index contributed by atoms with van der Waals surface area (Å²) in [5.41, 5.74) is 2.38. The van der Waals surface area contributed by atoms with Crippen molar-refractivity contribution in [2.24, 2.45) is 0 Å². The summed E-state index contributed by atoms with van der Waals surface area (Å²) >= 11 is 0. The lowest BCUT2D eigenvalue weighted by atomic mass is 10.1. The summed E-state index contributed by atoms with van der Waals surface area (Å²) in [7, 11) is 1.50. The molecule has 1 aromatic heterocycles. The molecule has 120 valence electrons. The van der Waals surface area contributed by atoms with E-state index in [2.05, 4.69) is 15.5 Å². The average Bonchev–Trinajstić information content (AvgIpc) is 2.51. The van der Waals surface area contributed by atoms with Gasteiger partial charge in [-0.15, -0.1) is 0 Å². The molecule has 7 heteroatoms. The highest BCUT2D eigenvalue weighted by molar-refractivity contribution is 5.98. The van der Waals surface area contributed by atoms with Crippen LogP contribution in [0.4, 0.5) is 5.69 Å². The summed E-state index contributed by atoms with van der Waals surface area (Å²) in [5.74, 6) is -0.753. The van der Waals surface area contributed by atoms with Gasteiger partial charge in [-0.1, -0.05) is 12.1 Å². The van der Waals surface area contributed by atoms with Gasteiger partial charge in [-0.3, -0.25) is 14.4 Å². The standard InChI is InChI=1S/C16H18N4O3/c1-10-4-5-11(2)13(8-10)17-15(22)9-20(3)16(23)12-6-7-14(21)19-18-12/h4-8H,9H2,1-3H3,(H,17,22)(H,19,21). The van der Waals surface area contributed by atoms with Gasteiger partial charge in [-0.25, -0.2) is 5.10 Å². The van der Waals surface area contributed by atoms with Gasteiger partial charge in [0.05, 0.1) is 6.54 Å². The molecular formula is C16H18N4O3. The van der Waals surface area contributed by atoms with Crippen molar-refractivity contribution in [2.45, 2.75) is 13.8 Å². The van der Waals surface area contributed by atoms with Gasteiger partial charge in [-0.2, -0.15) is 5.10 Å². The monoisotopic (exact) mass is 314 g/mol. The molecule has 23 heavy (non-hydrogen) atoms. The van der Waals surface area contributed by atoms with E-state index in [4.69, 9.17) is 0 Å². The Kier molecular flexibility index (Phi) is 4.90. The van der Waals surface area contributed by atoms with Crippen LogP contribution in [-0.2, 0) is 4.79 Å². The summed E-state index contributed by atoms with van der Waals surface area (Å²) < 4.78 is 0. The van der Waals surface area contributed by atoms with Crippen molar-refractivity contribution in [2.75, 3.05) is 18.9 Å². The number of H-pyrrole nitrogens is 1. The molecule has 0 aliphatic carbocycles. The fraction of sp³-hybridized carbons (Fsp3) is 0.250. The molecule has 0 fully saturated rings. The maximum absolute atomic E-state index is 12.1. The van der Waals surface area contributed by atoms with Crippen LogP contribution >= 0.6 is 0 Å². The second-order valence-corrected chi connectivity index (χ2v) is 5.33. The van der Waals surface area contributed by atoms with E-state index in [1.54, 1.807) is 0 Å². The van der Waals surface area contributed by atoms with E-state index < -0.39 is 11.5 Å². The Bertz CT molecular complexity index is 778. The van der Waals surface area contributed by atoms with Crippen LogP contribution in [-0.4, -0.2) is 40.5 Å².